The molecule has 0 bridgehead atoms. The van der Waals surface area contributed by atoms with E-state index >= 15 is 0 Å². The van der Waals surface area contributed by atoms with Gasteiger partial charge in [0, 0.05) is 11.3 Å². The number of thiophene rings is 1. The van der Waals surface area contributed by atoms with Crippen LogP contribution in [-0.4, -0.2) is 11.7 Å². The van der Waals surface area contributed by atoms with Gasteiger partial charge >= 0.3 is 0 Å². The first-order valence-electron chi connectivity index (χ1n) is 7.76. The minimum atomic E-state index is -0.278. The molecule has 3 rings (SSSR count). The van der Waals surface area contributed by atoms with Gasteiger partial charge in [-0.2, -0.15) is 0 Å². The summed E-state index contributed by atoms with van der Waals surface area (Å²) >= 11 is 1.37. The van der Waals surface area contributed by atoms with Crippen LogP contribution in [0, 0.1) is 0 Å². The highest BCUT2D eigenvalue weighted by atomic mass is 32.1. The van der Waals surface area contributed by atoms with Gasteiger partial charge in [0.25, 0.3) is 5.91 Å². The number of hydrogen-bond acceptors (Lipinski definition) is 3. The molecular weight excluding hydrogens is 318 g/mol. The molecule has 0 aliphatic carbocycles. The average Bonchev–Trinajstić information content (AvgIpc) is 3.16. The molecule has 1 heterocycles. The molecule has 2 aromatic carbocycles. The minimum absolute atomic E-state index is 0.128. The second kappa shape index (κ2) is 7.23. The van der Waals surface area contributed by atoms with Crippen LogP contribution in [0.3, 0.4) is 0 Å². The lowest BCUT2D eigenvalue weighted by atomic mass is 10.0. The summed E-state index contributed by atoms with van der Waals surface area (Å²) in [6, 6.07) is 18.2. The van der Waals surface area contributed by atoms with Crippen molar-refractivity contribution < 1.29 is 9.59 Å². The first-order valence-corrected chi connectivity index (χ1v) is 8.64. The first-order chi connectivity index (χ1) is 11.7. The second-order valence-corrected chi connectivity index (χ2v) is 6.30. The topological polar surface area (TPSA) is 46.2 Å². The predicted molar refractivity (Wildman–Crippen MR) is 98.0 cm³/mol. The van der Waals surface area contributed by atoms with Crippen LogP contribution in [-0.2, 0) is 6.42 Å². The zero-order chi connectivity index (χ0) is 16.9. The van der Waals surface area contributed by atoms with Gasteiger partial charge in [-0.3, -0.25) is 9.59 Å². The molecule has 0 fully saturated rings. The molecule has 3 aromatic rings. The number of carbonyl (C=O) groups is 2. The fourth-order valence-electron chi connectivity index (χ4n) is 2.44. The highest BCUT2D eigenvalue weighted by Crippen LogP contribution is 2.20. The van der Waals surface area contributed by atoms with E-state index in [0.717, 1.165) is 12.1 Å². The van der Waals surface area contributed by atoms with E-state index in [2.05, 4.69) is 12.2 Å². The van der Waals surface area contributed by atoms with E-state index in [1.165, 1.54) is 16.9 Å². The molecule has 120 valence electrons. The maximum Gasteiger partial charge on any atom is 0.256 e. The van der Waals surface area contributed by atoms with Crippen LogP contribution in [0.25, 0.3) is 0 Å². The van der Waals surface area contributed by atoms with Crippen LogP contribution >= 0.6 is 11.3 Å². The van der Waals surface area contributed by atoms with Crippen LogP contribution in [0.2, 0.25) is 0 Å². The van der Waals surface area contributed by atoms with Gasteiger partial charge in [-0.1, -0.05) is 43.3 Å². The number of aryl methyl sites for hydroxylation is 1. The molecule has 0 spiro atoms. The number of ketones is 1. The molecule has 4 heteroatoms. The fourth-order valence-corrected chi connectivity index (χ4v) is 3.12. The lowest BCUT2D eigenvalue weighted by molar-refractivity contribution is 0.0998. The standard InChI is InChI=1S/C20H17NO2S/c1-2-14-9-11-15(12-10-14)21-20(23)17-7-4-3-6-16(17)19(22)18-8-5-13-24-18/h3-13H,2H2,1H3,(H,21,23). The zero-order valence-electron chi connectivity index (χ0n) is 13.3. The number of amides is 1. The third kappa shape index (κ3) is 3.44. The third-order valence-corrected chi connectivity index (χ3v) is 4.65. The summed E-state index contributed by atoms with van der Waals surface area (Å²) in [7, 11) is 0. The number of nitrogens with one attached hydrogen (secondary N) is 1. The first kappa shape index (κ1) is 16.1. The Balaban J connectivity index is 1.86. The molecule has 0 aliphatic rings. The van der Waals surface area contributed by atoms with Gasteiger partial charge in [0.05, 0.1) is 10.4 Å². The van der Waals surface area contributed by atoms with Gasteiger partial charge < -0.3 is 5.32 Å². The summed E-state index contributed by atoms with van der Waals surface area (Å²) in [4.78, 5) is 25.8. The predicted octanol–water partition coefficient (Wildman–Crippen LogP) is 4.79. The summed E-state index contributed by atoms with van der Waals surface area (Å²) in [5.41, 5.74) is 2.73. The van der Waals surface area contributed by atoms with Gasteiger partial charge in [-0.25, -0.2) is 0 Å². The third-order valence-electron chi connectivity index (χ3n) is 3.78. The van der Waals surface area contributed by atoms with Gasteiger partial charge in [0.1, 0.15) is 0 Å². The van der Waals surface area contributed by atoms with Gasteiger partial charge in [-0.15, -0.1) is 11.3 Å². The van der Waals surface area contributed by atoms with Crippen molar-refractivity contribution in [3.05, 3.63) is 87.6 Å². The maximum atomic E-state index is 12.6. The number of benzene rings is 2. The van der Waals surface area contributed by atoms with Crippen molar-refractivity contribution in [1.29, 1.82) is 0 Å². The van der Waals surface area contributed by atoms with Crippen molar-refractivity contribution in [3.63, 3.8) is 0 Å². The van der Waals surface area contributed by atoms with Crippen molar-refractivity contribution in [1.82, 2.24) is 0 Å². The van der Waals surface area contributed by atoms with E-state index in [-0.39, 0.29) is 11.7 Å². The summed E-state index contributed by atoms with van der Waals surface area (Å²) in [5.74, 6) is -0.406. The maximum absolute atomic E-state index is 12.6. The number of rotatable bonds is 5. The molecular formula is C20H17NO2S. The van der Waals surface area contributed by atoms with Gasteiger partial charge in [0.15, 0.2) is 0 Å². The summed E-state index contributed by atoms with van der Waals surface area (Å²) in [6.45, 7) is 2.08. The van der Waals surface area contributed by atoms with E-state index in [9.17, 15) is 9.59 Å². The minimum Gasteiger partial charge on any atom is -0.322 e. The molecule has 0 radical (unpaired) electrons. The average molecular weight is 335 g/mol. The van der Waals surface area contributed by atoms with E-state index in [1.807, 2.05) is 35.7 Å². The highest BCUT2D eigenvalue weighted by Gasteiger charge is 2.18. The molecule has 3 nitrogen and oxygen atoms in total. The van der Waals surface area contributed by atoms with Crippen LogP contribution in [0.5, 0.6) is 0 Å². The molecule has 1 N–H and O–H groups in total. The Bertz CT molecular complexity index is 852. The molecule has 0 aliphatic heterocycles. The van der Waals surface area contributed by atoms with Crippen LogP contribution < -0.4 is 5.32 Å². The molecule has 0 unspecified atom stereocenters. The van der Waals surface area contributed by atoms with Crippen molar-refractivity contribution in [3.8, 4) is 0 Å². The molecule has 0 saturated heterocycles. The zero-order valence-corrected chi connectivity index (χ0v) is 14.1. The number of carbonyl (C=O) groups excluding carboxylic acids is 2. The van der Waals surface area contributed by atoms with Gasteiger partial charge in [-0.05, 0) is 41.6 Å². The highest BCUT2D eigenvalue weighted by molar-refractivity contribution is 7.12. The second-order valence-electron chi connectivity index (χ2n) is 5.36. The Kier molecular flexibility index (Phi) is 4.87. The van der Waals surface area contributed by atoms with Crippen molar-refractivity contribution in [2.24, 2.45) is 0 Å². The molecule has 0 atom stereocenters. The van der Waals surface area contributed by atoms with Crippen LogP contribution in [0.1, 0.15) is 38.1 Å². The van der Waals surface area contributed by atoms with E-state index in [1.54, 1.807) is 30.3 Å². The molecule has 24 heavy (non-hydrogen) atoms. The van der Waals surface area contributed by atoms with Gasteiger partial charge in [0.2, 0.25) is 5.78 Å². The summed E-state index contributed by atoms with van der Waals surface area (Å²) < 4.78 is 0. The lowest BCUT2D eigenvalue weighted by Gasteiger charge is -2.09. The number of anilines is 1. The smallest absolute Gasteiger partial charge is 0.256 e. The molecule has 1 amide bonds. The van der Waals surface area contributed by atoms with Crippen molar-refractivity contribution in [2.45, 2.75) is 13.3 Å². The Labute approximate surface area is 145 Å². The molecule has 0 saturated carbocycles. The normalized spacial score (nSPS) is 10.4. The SMILES string of the molecule is CCc1ccc(NC(=O)c2ccccc2C(=O)c2cccs2)cc1. The Morgan fingerprint density at radius 3 is 2.25 bits per heavy atom. The van der Waals surface area contributed by atoms with Crippen molar-refractivity contribution in [2.75, 3.05) is 5.32 Å². The quantitative estimate of drug-likeness (QED) is 0.681. The Hall–Kier alpha value is -2.72. The van der Waals surface area contributed by atoms with Crippen LogP contribution in [0.15, 0.2) is 66.0 Å². The van der Waals surface area contributed by atoms with E-state index in [0.29, 0.717) is 16.0 Å². The van der Waals surface area contributed by atoms with E-state index < -0.39 is 0 Å². The summed E-state index contributed by atoms with van der Waals surface area (Å²) in [6.07, 6.45) is 0.951. The fraction of sp³-hybridized carbons (Fsp3) is 0.100. The van der Waals surface area contributed by atoms with E-state index in [4.69, 9.17) is 0 Å². The molecule has 1 aromatic heterocycles. The Morgan fingerprint density at radius 2 is 1.62 bits per heavy atom. The Morgan fingerprint density at radius 1 is 0.917 bits per heavy atom. The largest absolute Gasteiger partial charge is 0.322 e. The lowest BCUT2D eigenvalue weighted by Crippen LogP contribution is -2.16. The summed E-state index contributed by atoms with van der Waals surface area (Å²) in [5, 5.41) is 4.71. The number of hydrogen-bond donors (Lipinski definition) is 1. The monoisotopic (exact) mass is 335 g/mol. The van der Waals surface area contributed by atoms with Crippen LogP contribution in [0.4, 0.5) is 5.69 Å². The van der Waals surface area contributed by atoms with Crippen molar-refractivity contribution >= 4 is 28.7 Å².